The molecule has 2 aromatic carbocycles. The van der Waals surface area contributed by atoms with E-state index in [1.807, 2.05) is 13.0 Å². The minimum absolute atomic E-state index is 0.0608. The maximum Gasteiger partial charge on any atom is 0.269 e. The zero-order valence-corrected chi connectivity index (χ0v) is 17.5. The minimum atomic E-state index is -0.415. The summed E-state index contributed by atoms with van der Waals surface area (Å²) in [5.74, 6) is 0. The molecule has 1 aliphatic heterocycles. The quantitative estimate of drug-likeness (QED) is 0.367. The van der Waals surface area contributed by atoms with Crippen LogP contribution in [0.2, 0.25) is 0 Å². The average molecular weight is 422 g/mol. The summed E-state index contributed by atoms with van der Waals surface area (Å²) < 4.78 is 0. The Hall–Kier alpha value is -3.26. The normalized spacial score (nSPS) is 14.5. The Morgan fingerprint density at radius 2 is 1.87 bits per heavy atom. The fourth-order valence-corrected chi connectivity index (χ4v) is 4.12. The van der Waals surface area contributed by atoms with Crippen LogP contribution in [-0.4, -0.2) is 34.2 Å². The molecule has 1 aromatic heterocycles. The number of non-ortho nitro benzene ring substituents is 1. The Morgan fingerprint density at radius 1 is 1.17 bits per heavy atom. The van der Waals surface area contributed by atoms with Gasteiger partial charge in [-0.2, -0.15) is 0 Å². The van der Waals surface area contributed by atoms with Gasteiger partial charge >= 0.3 is 0 Å². The van der Waals surface area contributed by atoms with Crippen LogP contribution < -0.4 is 15.5 Å². The maximum absolute atomic E-state index is 10.8. The Labute approximate surface area is 180 Å². The monoisotopic (exact) mass is 421 g/mol. The molecule has 0 radical (unpaired) electrons. The molecule has 2 N–H and O–H groups in total. The number of hydrogen-bond donors (Lipinski definition) is 2. The van der Waals surface area contributed by atoms with E-state index in [2.05, 4.69) is 44.8 Å². The van der Waals surface area contributed by atoms with Crippen molar-refractivity contribution in [2.45, 2.75) is 25.8 Å². The second-order valence-corrected chi connectivity index (χ2v) is 7.87. The number of hydrogen-bond acceptors (Lipinski definition) is 5. The molecule has 4 rings (SSSR count). The average Bonchev–Trinajstić information content (AvgIpc) is 2.74. The zero-order valence-electron chi connectivity index (χ0n) is 16.7. The lowest BCUT2D eigenvalue weighted by Crippen LogP contribution is -2.46. The Morgan fingerprint density at radius 3 is 2.57 bits per heavy atom. The summed E-state index contributed by atoms with van der Waals surface area (Å²) in [5.41, 5.74) is 4.08. The molecule has 30 heavy (non-hydrogen) atoms. The van der Waals surface area contributed by atoms with Gasteiger partial charge in [-0.15, -0.1) is 0 Å². The van der Waals surface area contributed by atoms with Gasteiger partial charge in [0.25, 0.3) is 5.69 Å². The van der Waals surface area contributed by atoms with Crippen LogP contribution in [0, 0.1) is 17.0 Å². The molecule has 0 bridgehead atoms. The third-order valence-corrected chi connectivity index (χ3v) is 5.55. The van der Waals surface area contributed by atoms with Crippen LogP contribution in [0.3, 0.4) is 0 Å². The number of nitrogens with zero attached hydrogens (tertiary/aromatic N) is 3. The van der Waals surface area contributed by atoms with E-state index in [0.717, 1.165) is 42.8 Å². The molecule has 0 aliphatic carbocycles. The molecular formula is C22H23N5O2S. The summed E-state index contributed by atoms with van der Waals surface area (Å²) in [6, 6.07) is 17.0. The highest BCUT2D eigenvalue weighted by Gasteiger charge is 2.21. The third-order valence-electron chi connectivity index (χ3n) is 5.33. The van der Waals surface area contributed by atoms with Crippen LogP contribution in [-0.2, 0) is 0 Å². The predicted molar refractivity (Wildman–Crippen MR) is 124 cm³/mol. The fraction of sp³-hybridized carbons (Fsp3) is 0.273. The van der Waals surface area contributed by atoms with Crippen molar-refractivity contribution in [3.8, 4) is 0 Å². The van der Waals surface area contributed by atoms with Crippen molar-refractivity contribution in [2.24, 2.45) is 0 Å². The van der Waals surface area contributed by atoms with Crippen LogP contribution in [0.25, 0.3) is 10.9 Å². The first-order valence-corrected chi connectivity index (χ1v) is 10.3. The number of nitro benzene ring substituents is 1. The summed E-state index contributed by atoms with van der Waals surface area (Å²) in [5, 5.41) is 19.0. The van der Waals surface area contributed by atoms with Crippen molar-refractivity contribution >= 4 is 45.3 Å². The van der Waals surface area contributed by atoms with Gasteiger partial charge in [-0.25, -0.2) is 0 Å². The first-order valence-electron chi connectivity index (χ1n) is 9.93. The van der Waals surface area contributed by atoms with Gasteiger partial charge in [0.05, 0.1) is 10.4 Å². The number of para-hydroxylation sites is 1. The lowest BCUT2D eigenvalue weighted by Gasteiger charge is -2.35. The summed E-state index contributed by atoms with van der Waals surface area (Å²) in [7, 11) is 0. The lowest BCUT2D eigenvalue weighted by molar-refractivity contribution is -0.384. The molecule has 1 aliphatic rings. The van der Waals surface area contributed by atoms with Crippen molar-refractivity contribution < 1.29 is 4.92 Å². The van der Waals surface area contributed by atoms with E-state index in [-0.39, 0.29) is 11.7 Å². The first kappa shape index (κ1) is 20.0. The van der Waals surface area contributed by atoms with Gasteiger partial charge in [-0.3, -0.25) is 15.1 Å². The molecule has 1 saturated heterocycles. The fourth-order valence-electron chi connectivity index (χ4n) is 3.83. The molecule has 0 amide bonds. The van der Waals surface area contributed by atoms with Gasteiger partial charge in [-0.1, -0.05) is 18.2 Å². The molecule has 1 fully saturated rings. The van der Waals surface area contributed by atoms with Crippen LogP contribution in [0.4, 0.5) is 17.1 Å². The molecule has 7 nitrogen and oxygen atoms in total. The Bertz CT molecular complexity index is 1080. The van der Waals surface area contributed by atoms with Gasteiger partial charge in [-0.05, 0) is 56.2 Å². The summed E-state index contributed by atoms with van der Waals surface area (Å²) in [6.45, 7) is 3.91. The number of anilines is 2. The molecule has 8 heteroatoms. The van der Waals surface area contributed by atoms with E-state index >= 15 is 0 Å². The number of nitrogens with one attached hydrogen (secondary N) is 2. The van der Waals surface area contributed by atoms with Crippen molar-refractivity contribution in [3.63, 3.8) is 0 Å². The van der Waals surface area contributed by atoms with Crippen molar-refractivity contribution in [3.05, 3.63) is 70.4 Å². The molecule has 0 spiro atoms. The predicted octanol–water partition coefficient (Wildman–Crippen LogP) is 4.41. The number of thiocarbonyl (C=S) groups is 1. The highest BCUT2D eigenvalue weighted by atomic mass is 32.1. The first-order chi connectivity index (χ1) is 14.5. The lowest BCUT2D eigenvalue weighted by atomic mass is 10.0. The number of fused-ring (bicyclic) bond motifs is 1. The Balaban J connectivity index is 1.35. The minimum Gasteiger partial charge on any atom is -0.371 e. The number of aryl methyl sites for hydroxylation is 1. The molecular weight excluding hydrogens is 398 g/mol. The summed E-state index contributed by atoms with van der Waals surface area (Å²) in [4.78, 5) is 17.4. The topological polar surface area (TPSA) is 83.3 Å². The van der Waals surface area contributed by atoms with Gasteiger partial charge in [0.15, 0.2) is 5.11 Å². The Kier molecular flexibility index (Phi) is 5.76. The van der Waals surface area contributed by atoms with Crippen LogP contribution in [0.15, 0.2) is 54.6 Å². The van der Waals surface area contributed by atoms with E-state index in [0.29, 0.717) is 5.11 Å². The van der Waals surface area contributed by atoms with E-state index in [1.165, 1.54) is 23.2 Å². The SMILES string of the molecule is Cc1cc(N2CCC(NC(=S)Nc3ccc([N+](=O)[O-])cc3)CC2)c2ccccc2n1. The standard InChI is InChI=1S/C22H23N5O2S/c1-15-14-21(19-4-2-3-5-20(19)23-15)26-12-10-17(11-13-26)25-22(30)24-16-6-8-18(9-7-16)27(28)29/h2-9,14,17H,10-13H2,1H3,(H2,24,25,30). The number of aromatic nitrogens is 1. The molecule has 154 valence electrons. The second-order valence-electron chi connectivity index (χ2n) is 7.46. The summed E-state index contributed by atoms with van der Waals surface area (Å²) >= 11 is 5.43. The van der Waals surface area contributed by atoms with Crippen molar-refractivity contribution in [1.29, 1.82) is 0 Å². The van der Waals surface area contributed by atoms with Gasteiger partial charge < -0.3 is 15.5 Å². The maximum atomic E-state index is 10.8. The van der Waals surface area contributed by atoms with Crippen LogP contribution in [0.1, 0.15) is 18.5 Å². The molecule has 0 saturated carbocycles. The second kappa shape index (κ2) is 8.62. The highest BCUT2D eigenvalue weighted by molar-refractivity contribution is 7.80. The third kappa shape index (κ3) is 4.49. The van der Waals surface area contributed by atoms with E-state index in [9.17, 15) is 10.1 Å². The number of pyridine rings is 1. The van der Waals surface area contributed by atoms with Crippen molar-refractivity contribution in [1.82, 2.24) is 10.3 Å². The molecule has 2 heterocycles. The molecule has 0 atom stereocenters. The van der Waals surface area contributed by atoms with E-state index < -0.39 is 4.92 Å². The molecule has 3 aromatic rings. The molecule has 0 unspecified atom stereocenters. The van der Waals surface area contributed by atoms with Crippen LogP contribution in [0.5, 0.6) is 0 Å². The van der Waals surface area contributed by atoms with Gasteiger partial charge in [0, 0.05) is 53.7 Å². The van der Waals surface area contributed by atoms with Gasteiger partial charge in [0.1, 0.15) is 0 Å². The number of nitro groups is 1. The van der Waals surface area contributed by atoms with E-state index in [1.54, 1.807) is 12.1 Å². The number of piperidine rings is 1. The largest absolute Gasteiger partial charge is 0.371 e. The van der Waals surface area contributed by atoms with Crippen LogP contribution >= 0.6 is 12.2 Å². The number of benzene rings is 2. The highest BCUT2D eigenvalue weighted by Crippen LogP contribution is 2.29. The van der Waals surface area contributed by atoms with Gasteiger partial charge in [0.2, 0.25) is 0 Å². The summed E-state index contributed by atoms with van der Waals surface area (Å²) in [6.07, 6.45) is 1.94. The number of rotatable bonds is 4. The smallest absolute Gasteiger partial charge is 0.269 e. The van der Waals surface area contributed by atoms with Crippen molar-refractivity contribution in [2.75, 3.05) is 23.3 Å². The zero-order chi connectivity index (χ0) is 21.1. The van der Waals surface area contributed by atoms with E-state index in [4.69, 9.17) is 12.2 Å².